The van der Waals surface area contributed by atoms with Crippen LogP contribution in [-0.4, -0.2) is 18.1 Å². The molecule has 2 aromatic heterocycles. The standard InChI is InChI=1S/C12H11NO3S/c1-15-12(14)7-5-9(16-6-7)11-13-8-3-2-4-10(8)17-11/h5-6H,2-4H2,1H3. The normalized spacial score (nSPS) is 13.7. The molecule has 0 aliphatic heterocycles. The fourth-order valence-electron chi connectivity index (χ4n) is 1.97. The predicted molar refractivity (Wildman–Crippen MR) is 63.2 cm³/mol. The van der Waals surface area contributed by atoms with Crippen molar-refractivity contribution in [2.45, 2.75) is 19.3 Å². The molecule has 1 aliphatic carbocycles. The number of aromatic nitrogens is 1. The third kappa shape index (κ3) is 1.76. The Labute approximate surface area is 102 Å². The minimum atomic E-state index is -0.385. The van der Waals surface area contributed by atoms with Crippen molar-refractivity contribution in [1.82, 2.24) is 4.98 Å². The van der Waals surface area contributed by atoms with Crippen LogP contribution in [0.15, 0.2) is 16.7 Å². The minimum Gasteiger partial charge on any atom is -0.465 e. The van der Waals surface area contributed by atoms with E-state index in [1.165, 1.54) is 30.4 Å². The number of esters is 1. The van der Waals surface area contributed by atoms with Crippen LogP contribution in [0.25, 0.3) is 10.8 Å². The summed E-state index contributed by atoms with van der Waals surface area (Å²) < 4.78 is 9.99. The summed E-state index contributed by atoms with van der Waals surface area (Å²) in [5, 5.41) is 0.852. The van der Waals surface area contributed by atoms with E-state index in [9.17, 15) is 4.79 Å². The lowest BCUT2D eigenvalue weighted by Gasteiger charge is -1.90. The van der Waals surface area contributed by atoms with E-state index in [0.717, 1.165) is 17.8 Å². The first-order chi connectivity index (χ1) is 8.28. The lowest BCUT2D eigenvalue weighted by atomic mass is 10.3. The minimum absolute atomic E-state index is 0.385. The molecule has 0 fully saturated rings. The van der Waals surface area contributed by atoms with Crippen LogP contribution in [0.2, 0.25) is 0 Å². The van der Waals surface area contributed by atoms with Crippen LogP contribution >= 0.6 is 11.3 Å². The highest BCUT2D eigenvalue weighted by Crippen LogP contribution is 2.34. The number of aryl methyl sites for hydroxylation is 2. The molecule has 1 aliphatic rings. The summed E-state index contributed by atoms with van der Waals surface area (Å²) in [5.41, 5.74) is 1.61. The van der Waals surface area contributed by atoms with Crippen LogP contribution in [0.3, 0.4) is 0 Å². The zero-order chi connectivity index (χ0) is 11.8. The second-order valence-corrected chi connectivity index (χ2v) is 5.02. The van der Waals surface area contributed by atoms with Crippen LogP contribution in [-0.2, 0) is 17.6 Å². The lowest BCUT2D eigenvalue weighted by Crippen LogP contribution is -1.98. The first kappa shape index (κ1) is 10.5. The zero-order valence-electron chi connectivity index (χ0n) is 9.36. The van der Waals surface area contributed by atoms with Gasteiger partial charge in [0, 0.05) is 10.9 Å². The van der Waals surface area contributed by atoms with Gasteiger partial charge in [-0.3, -0.25) is 0 Å². The van der Waals surface area contributed by atoms with Gasteiger partial charge in [0.05, 0.1) is 18.4 Å². The Kier molecular flexibility index (Phi) is 2.48. The molecule has 4 nitrogen and oxygen atoms in total. The number of hydrogen-bond donors (Lipinski definition) is 0. The second kappa shape index (κ2) is 4.00. The molecule has 0 saturated carbocycles. The van der Waals surface area contributed by atoms with Crippen LogP contribution in [0.1, 0.15) is 27.3 Å². The summed E-state index contributed by atoms with van der Waals surface area (Å²) in [6, 6.07) is 1.68. The monoisotopic (exact) mass is 249 g/mol. The molecular formula is C12H11NO3S. The summed E-state index contributed by atoms with van der Waals surface area (Å²) in [6.45, 7) is 0. The summed E-state index contributed by atoms with van der Waals surface area (Å²) in [5.74, 6) is 0.258. The van der Waals surface area contributed by atoms with Gasteiger partial charge in [-0.15, -0.1) is 11.3 Å². The maximum Gasteiger partial charge on any atom is 0.341 e. The molecule has 0 unspecified atom stereocenters. The number of rotatable bonds is 2. The molecule has 2 aromatic rings. The molecule has 0 saturated heterocycles. The number of carbonyl (C=O) groups excluding carboxylic acids is 1. The molecule has 3 rings (SSSR count). The van der Waals surface area contributed by atoms with Crippen molar-refractivity contribution in [2.75, 3.05) is 7.11 Å². The smallest absolute Gasteiger partial charge is 0.341 e. The largest absolute Gasteiger partial charge is 0.465 e. The van der Waals surface area contributed by atoms with Crippen LogP contribution in [0.4, 0.5) is 0 Å². The van der Waals surface area contributed by atoms with Crippen molar-refractivity contribution >= 4 is 17.3 Å². The fraction of sp³-hybridized carbons (Fsp3) is 0.333. The molecule has 17 heavy (non-hydrogen) atoms. The summed E-state index contributed by atoms with van der Waals surface area (Å²) in [4.78, 5) is 17.2. The maximum absolute atomic E-state index is 11.3. The molecule has 0 N–H and O–H groups in total. The third-order valence-corrected chi connectivity index (χ3v) is 4.00. The molecule has 0 spiro atoms. The van der Waals surface area contributed by atoms with Crippen molar-refractivity contribution in [3.05, 3.63) is 28.5 Å². The van der Waals surface area contributed by atoms with Crippen LogP contribution in [0.5, 0.6) is 0 Å². The highest BCUT2D eigenvalue weighted by molar-refractivity contribution is 7.15. The first-order valence-corrected chi connectivity index (χ1v) is 6.25. The molecule has 0 aromatic carbocycles. The van der Waals surface area contributed by atoms with Crippen molar-refractivity contribution in [3.8, 4) is 10.8 Å². The Morgan fingerprint density at radius 3 is 3.18 bits per heavy atom. The van der Waals surface area contributed by atoms with Crippen LogP contribution in [0, 0.1) is 0 Å². The molecule has 2 heterocycles. The summed E-state index contributed by atoms with van der Waals surface area (Å²) >= 11 is 1.65. The zero-order valence-corrected chi connectivity index (χ0v) is 10.2. The van der Waals surface area contributed by atoms with Crippen molar-refractivity contribution in [3.63, 3.8) is 0 Å². The number of ether oxygens (including phenoxy) is 1. The van der Waals surface area contributed by atoms with Crippen molar-refractivity contribution < 1.29 is 13.9 Å². The number of carbonyl (C=O) groups is 1. The molecule has 5 heteroatoms. The van der Waals surface area contributed by atoms with E-state index in [2.05, 4.69) is 9.72 Å². The fourth-order valence-corrected chi connectivity index (χ4v) is 3.08. The quantitative estimate of drug-likeness (QED) is 0.768. The third-order valence-electron chi connectivity index (χ3n) is 2.83. The Bertz CT molecular complexity index is 549. The highest BCUT2D eigenvalue weighted by Gasteiger charge is 2.20. The topological polar surface area (TPSA) is 52.3 Å². The van der Waals surface area contributed by atoms with E-state index >= 15 is 0 Å². The number of nitrogens with zero attached hydrogens (tertiary/aromatic N) is 1. The molecule has 0 atom stereocenters. The number of fused-ring (bicyclic) bond motifs is 1. The molecular weight excluding hydrogens is 238 g/mol. The number of furan rings is 1. The summed E-state index contributed by atoms with van der Waals surface area (Å²) in [6.07, 6.45) is 4.77. The van der Waals surface area contributed by atoms with Crippen LogP contribution < -0.4 is 0 Å². The molecule has 0 amide bonds. The van der Waals surface area contributed by atoms with Gasteiger partial charge in [0.1, 0.15) is 6.26 Å². The predicted octanol–water partition coefficient (Wildman–Crippen LogP) is 2.68. The number of thiazole rings is 1. The van der Waals surface area contributed by atoms with Gasteiger partial charge in [0.15, 0.2) is 10.8 Å². The Balaban J connectivity index is 1.93. The van der Waals surface area contributed by atoms with E-state index in [1.54, 1.807) is 17.4 Å². The molecule has 88 valence electrons. The van der Waals surface area contributed by atoms with E-state index in [4.69, 9.17) is 4.42 Å². The van der Waals surface area contributed by atoms with Gasteiger partial charge in [-0.2, -0.15) is 0 Å². The van der Waals surface area contributed by atoms with Gasteiger partial charge in [-0.05, 0) is 19.3 Å². The van der Waals surface area contributed by atoms with Crippen molar-refractivity contribution in [2.24, 2.45) is 0 Å². The highest BCUT2D eigenvalue weighted by atomic mass is 32.1. The Morgan fingerprint density at radius 1 is 1.53 bits per heavy atom. The Morgan fingerprint density at radius 2 is 2.41 bits per heavy atom. The van der Waals surface area contributed by atoms with Gasteiger partial charge in [-0.1, -0.05) is 0 Å². The maximum atomic E-state index is 11.3. The lowest BCUT2D eigenvalue weighted by molar-refractivity contribution is 0.0600. The van der Waals surface area contributed by atoms with Gasteiger partial charge in [-0.25, -0.2) is 9.78 Å². The van der Waals surface area contributed by atoms with E-state index in [0.29, 0.717) is 11.3 Å². The molecule has 0 bridgehead atoms. The average molecular weight is 249 g/mol. The Hall–Kier alpha value is -1.62. The van der Waals surface area contributed by atoms with E-state index < -0.39 is 0 Å². The van der Waals surface area contributed by atoms with Gasteiger partial charge < -0.3 is 9.15 Å². The van der Waals surface area contributed by atoms with Gasteiger partial charge in [0.2, 0.25) is 0 Å². The van der Waals surface area contributed by atoms with Gasteiger partial charge >= 0.3 is 5.97 Å². The van der Waals surface area contributed by atoms with E-state index in [1.807, 2.05) is 0 Å². The van der Waals surface area contributed by atoms with Gasteiger partial charge in [0.25, 0.3) is 0 Å². The van der Waals surface area contributed by atoms with E-state index in [-0.39, 0.29) is 5.97 Å². The average Bonchev–Trinajstić information content (AvgIpc) is 3.00. The number of methoxy groups -OCH3 is 1. The first-order valence-electron chi connectivity index (χ1n) is 5.43. The second-order valence-electron chi connectivity index (χ2n) is 3.93. The SMILES string of the molecule is COC(=O)c1coc(-c2nc3c(s2)CCC3)c1. The number of hydrogen-bond acceptors (Lipinski definition) is 5. The summed E-state index contributed by atoms with van der Waals surface area (Å²) in [7, 11) is 1.35. The molecule has 0 radical (unpaired) electrons. The van der Waals surface area contributed by atoms with Crippen molar-refractivity contribution in [1.29, 1.82) is 0 Å².